The predicted octanol–water partition coefficient (Wildman–Crippen LogP) is 5.79. The van der Waals surface area contributed by atoms with Crippen LogP contribution in [0.25, 0.3) is 0 Å². The first-order valence-corrected chi connectivity index (χ1v) is 8.90. The summed E-state index contributed by atoms with van der Waals surface area (Å²) in [5, 5.41) is 0. The van der Waals surface area contributed by atoms with Crippen LogP contribution in [0, 0.1) is 5.41 Å². The summed E-state index contributed by atoms with van der Waals surface area (Å²) in [5.41, 5.74) is 3.05. The lowest BCUT2D eigenvalue weighted by Gasteiger charge is -2.38. The van der Waals surface area contributed by atoms with Crippen molar-refractivity contribution in [3.05, 3.63) is 27.7 Å². The molecule has 0 bridgehead atoms. The third-order valence-corrected chi connectivity index (χ3v) is 6.71. The van der Waals surface area contributed by atoms with Gasteiger partial charge in [-0.15, -0.1) is 0 Å². The van der Waals surface area contributed by atoms with Crippen LogP contribution in [0.4, 0.5) is 0 Å². The molecule has 1 saturated carbocycles. The minimum absolute atomic E-state index is 0.360. The Morgan fingerprint density at radius 1 is 1.21 bits per heavy atom. The first kappa shape index (κ1) is 13.9. The summed E-state index contributed by atoms with van der Waals surface area (Å²) >= 11 is 7.64. The van der Waals surface area contributed by atoms with Crippen molar-refractivity contribution in [1.82, 2.24) is 0 Å². The van der Waals surface area contributed by atoms with E-state index in [0.29, 0.717) is 10.2 Å². The molecule has 1 aromatic carbocycles. The lowest BCUT2D eigenvalue weighted by Crippen LogP contribution is -2.25. The van der Waals surface area contributed by atoms with Gasteiger partial charge < -0.3 is 4.74 Å². The SMILES string of the molecule is CC1(C(Br)c2cc(Br)cc3c2OCC3)CCCCC1. The van der Waals surface area contributed by atoms with E-state index in [2.05, 4.69) is 50.9 Å². The van der Waals surface area contributed by atoms with Gasteiger partial charge in [0.15, 0.2) is 0 Å². The van der Waals surface area contributed by atoms with Crippen LogP contribution >= 0.6 is 31.9 Å². The van der Waals surface area contributed by atoms with Crippen molar-refractivity contribution in [2.24, 2.45) is 5.41 Å². The van der Waals surface area contributed by atoms with E-state index in [4.69, 9.17) is 4.74 Å². The third kappa shape index (κ3) is 2.61. The van der Waals surface area contributed by atoms with E-state index in [9.17, 15) is 0 Å². The molecule has 0 radical (unpaired) electrons. The van der Waals surface area contributed by atoms with Crippen molar-refractivity contribution >= 4 is 31.9 Å². The van der Waals surface area contributed by atoms with Crippen molar-refractivity contribution in [2.75, 3.05) is 6.61 Å². The van der Waals surface area contributed by atoms with Gasteiger partial charge in [-0.2, -0.15) is 0 Å². The van der Waals surface area contributed by atoms with E-state index < -0.39 is 0 Å². The lowest BCUT2D eigenvalue weighted by molar-refractivity contribution is 0.210. The Kier molecular flexibility index (Phi) is 3.96. The van der Waals surface area contributed by atoms with Gasteiger partial charge >= 0.3 is 0 Å². The number of benzene rings is 1. The molecule has 0 aromatic heterocycles. The molecule has 0 saturated heterocycles. The topological polar surface area (TPSA) is 9.23 Å². The van der Waals surface area contributed by atoms with Crippen LogP contribution < -0.4 is 4.74 Å². The second-order valence-corrected chi connectivity index (χ2v) is 7.99. The van der Waals surface area contributed by atoms with E-state index >= 15 is 0 Å². The molecule has 1 nitrogen and oxygen atoms in total. The fourth-order valence-corrected chi connectivity index (χ4v) is 4.80. The number of halogens is 2. The normalized spacial score (nSPS) is 22.7. The monoisotopic (exact) mass is 386 g/mol. The van der Waals surface area contributed by atoms with E-state index in [1.54, 1.807) is 0 Å². The van der Waals surface area contributed by atoms with Crippen molar-refractivity contribution in [3.63, 3.8) is 0 Å². The molecule has 1 aromatic rings. The van der Waals surface area contributed by atoms with Gasteiger partial charge in [0.1, 0.15) is 5.75 Å². The minimum atomic E-state index is 0.360. The lowest BCUT2D eigenvalue weighted by atomic mass is 9.71. The van der Waals surface area contributed by atoms with Crippen LogP contribution in [-0.2, 0) is 6.42 Å². The van der Waals surface area contributed by atoms with Crippen molar-refractivity contribution in [1.29, 1.82) is 0 Å². The smallest absolute Gasteiger partial charge is 0.127 e. The summed E-state index contributed by atoms with van der Waals surface area (Å²) in [6.07, 6.45) is 7.76. The zero-order chi connectivity index (χ0) is 13.5. The fraction of sp³-hybridized carbons (Fsp3) is 0.625. The molecule has 104 valence electrons. The van der Waals surface area contributed by atoms with Crippen molar-refractivity contribution in [3.8, 4) is 5.75 Å². The molecule has 3 rings (SSSR count). The highest BCUT2D eigenvalue weighted by Gasteiger charge is 2.37. The summed E-state index contributed by atoms with van der Waals surface area (Å²) in [6.45, 7) is 3.25. The molecule has 1 heterocycles. The van der Waals surface area contributed by atoms with Gasteiger partial charge in [0.05, 0.1) is 6.61 Å². The Labute approximate surface area is 132 Å². The zero-order valence-electron chi connectivity index (χ0n) is 11.3. The molecular formula is C16H20Br2O. The first-order chi connectivity index (χ1) is 9.10. The molecular weight excluding hydrogens is 368 g/mol. The highest BCUT2D eigenvalue weighted by atomic mass is 79.9. The van der Waals surface area contributed by atoms with E-state index in [1.807, 2.05) is 0 Å². The maximum atomic E-state index is 5.89. The van der Waals surface area contributed by atoms with Gasteiger partial charge in [-0.1, -0.05) is 58.0 Å². The maximum Gasteiger partial charge on any atom is 0.127 e. The second-order valence-electron chi connectivity index (χ2n) is 6.16. The first-order valence-electron chi connectivity index (χ1n) is 7.19. The number of fused-ring (bicyclic) bond motifs is 1. The van der Waals surface area contributed by atoms with Crippen molar-refractivity contribution < 1.29 is 4.74 Å². The molecule has 0 amide bonds. The van der Waals surface area contributed by atoms with Gasteiger partial charge in [0.25, 0.3) is 0 Å². The van der Waals surface area contributed by atoms with Gasteiger partial charge in [-0.25, -0.2) is 0 Å². The van der Waals surface area contributed by atoms with Gasteiger partial charge in [-0.3, -0.25) is 0 Å². The van der Waals surface area contributed by atoms with E-state index in [1.165, 1.54) is 47.7 Å². The standard InChI is InChI=1S/C16H20Br2O/c1-16(6-3-2-4-7-16)15(18)13-10-12(17)9-11-5-8-19-14(11)13/h9-10,15H,2-8H2,1H3. The van der Waals surface area contributed by atoms with Crippen LogP contribution in [0.15, 0.2) is 16.6 Å². The maximum absolute atomic E-state index is 5.89. The molecule has 1 atom stereocenters. The fourth-order valence-electron chi connectivity index (χ4n) is 3.47. The summed E-state index contributed by atoms with van der Waals surface area (Å²) in [6, 6.07) is 4.44. The Morgan fingerprint density at radius 2 is 1.95 bits per heavy atom. The molecule has 1 aliphatic carbocycles. The number of alkyl halides is 1. The number of hydrogen-bond acceptors (Lipinski definition) is 1. The van der Waals surface area contributed by atoms with Crippen LogP contribution in [0.1, 0.15) is 55.0 Å². The molecule has 2 aliphatic rings. The third-order valence-electron chi connectivity index (χ3n) is 4.66. The molecule has 3 heteroatoms. The molecule has 19 heavy (non-hydrogen) atoms. The number of rotatable bonds is 2. The molecule has 0 N–H and O–H groups in total. The van der Waals surface area contributed by atoms with Gasteiger partial charge in [0.2, 0.25) is 0 Å². The van der Waals surface area contributed by atoms with Crippen LogP contribution in [0.5, 0.6) is 5.75 Å². The molecule has 1 aliphatic heterocycles. The Bertz CT molecular complexity index is 478. The van der Waals surface area contributed by atoms with E-state index in [-0.39, 0.29) is 0 Å². The minimum Gasteiger partial charge on any atom is -0.493 e. The highest BCUT2D eigenvalue weighted by Crippen LogP contribution is 2.53. The largest absolute Gasteiger partial charge is 0.493 e. The highest BCUT2D eigenvalue weighted by molar-refractivity contribution is 9.10. The number of ether oxygens (including phenoxy) is 1. The van der Waals surface area contributed by atoms with Gasteiger partial charge in [0, 0.05) is 21.3 Å². The van der Waals surface area contributed by atoms with Crippen LogP contribution in [0.2, 0.25) is 0 Å². The van der Waals surface area contributed by atoms with Crippen molar-refractivity contribution in [2.45, 2.75) is 50.3 Å². The average molecular weight is 388 g/mol. The zero-order valence-corrected chi connectivity index (χ0v) is 14.5. The summed E-state index contributed by atoms with van der Waals surface area (Å²) in [5.74, 6) is 1.14. The second kappa shape index (κ2) is 5.40. The Morgan fingerprint density at radius 3 is 2.68 bits per heavy atom. The van der Waals surface area contributed by atoms with E-state index in [0.717, 1.165) is 18.8 Å². The predicted molar refractivity (Wildman–Crippen MR) is 86.2 cm³/mol. The summed E-state index contributed by atoms with van der Waals surface area (Å²) < 4.78 is 7.07. The van der Waals surface area contributed by atoms with Crippen LogP contribution in [-0.4, -0.2) is 6.61 Å². The molecule has 1 unspecified atom stereocenters. The Balaban J connectivity index is 1.97. The average Bonchev–Trinajstić information content (AvgIpc) is 2.85. The summed E-state index contributed by atoms with van der Waals surface area (Å²) in [4.78, 5) is 0.393. The summed E-state index contributed by atoms with van der Waals surface area (Å²) in [7, 11) is 0. The van der Waals surface area contributed by atoms with Gasteiger partial charge in [-0.05, 0) is 36.0 Å². The quantitative estimate of drug-likeness (QED) is 0.583. The molecule has 1 fully saturated rings. The number of hydrogen-bond donors (Lipinski definition) is 0. The Hall–Kier alpha value is -0.0200. The molecule has 0 spiro atoms. The van der Waals surface area contributed by atoms with Crippen LogP contribution in [0.3, 0.4) is 0 Å².